The van der Waals surface area contributed by atoms with Gasteiger partial charge in [-0.1, -0.05) is 20.8 Å². The van der Waals surface area contributed by atoms with E-state index in [1.807, 2.05) is 0 Å². The number of alkyl halides is 3. The summed E-state index contributed by atoms with van der Waals surface area (Å²) in [6.45, 7) is 4.01. The van der Waals surface area contributed by atoms with E-state index in [9.17, 15) is 27.5 Å². The Morgan fingerprint density at radius 3 is 2.42 bits per heavy atom. The van der Waals surface area contributed by atoms with Gasteiger partial charge in [0, 0.05) is 12.1 Å². The number of carbonyl (C=O) groups is 1. The van der Waals surface area contributed by atoms with Crippen molar-refractivity contribution in [1.82, 2.24) is 5.32 Å². The minimum absolute atomic E-state index is 0.0621. The van der Waals surface area contributed by atoms with Crippen LogP contribution in [0.1, 0.15) is 31.9 Å². The Balaban J connectivity index is 2.62. The molecule has 0 radical (unpaired) electrons. The van der Waals surface area contributed by atoms with Crippen LogP contribution in [-0.4, -0.2) is 24.1 Å². The molecule has 0 bridgehead atoms. The SMILES string of the molecule is CC(C)(C)OC([O-])=NCC(=O)NCc1cc(F)cc(C(F)(F)F)c1. The van der Waals surface area contributed by atoms with E-state index in [1.54, 1.807) is 20.8 Å². The number of benzene rings is 1. The van der Waals surface area contributed by atoms with Gasteiger partial charge in [-0.3, -0.25) is 9.79 Å². The summed E-state index contributed by atoms with van der Waals surface area (Å²) in [5.74, 6) is -1.77. The van der Waals surface area contributed by atoms with Gasteiger partial charge in [-0.05, 0) is 23.8 Å². The van der Waals surface area contributed by atoms with Crippen LogP contribution >= 0.6 is 0 Å². The monoisotopic (exact) mass is 349 g/mol. The van der Waals surface area contributed by atoms with Crippen LogP contribution in [0.25, 0.3) is 0 Å². The third-order valence-corrected chi connectivity index (χ3v) is 2.52. The standard InChI is InChI=1S/C15H18F4N2O3/c1-14(2,3)24-13(23)21-8-12(22)20-7-9-4-10(15(17,18)19)6-11(16)5-9/h4-6H,7-8H2,1-3H3,(H,20,22)(H,21,23)/p-1. The lowest BCUT2D eigenvalue weighted by Crippen LogP contribution is -2.33. The first-order chi connectivity index (χ1) is 10.9. The predicted molar refractivity (Wildman–Crippen MR) is 76.4 cm³/mol. The quantitative estimate of drug-likeness (QED) is 0.513. The molecule has 134 valence electrons. The molecule has 0 unspecified atom stereocenters. The highest BCUT2D eigenvalue weighted by Crippen LogP contribution is 2.30. The zero-order valence-corrected chi connectivity index (χ0v) is 13.3. The van der Waals surface area contributed by atoms with Crippen molar-refractivity contribution in [2.45, 2.75) is 39.1 Å². The number of carbonyl (C=O) groups excluding carboxylic acids is 1. The molecule has 0 saturated carbocycles. The average molecular weight is 349 g/mol. The van der Waals surface area contributed by atoms with E-state index in [0.29, 0.717) is 6.07 Å². The van der Waals surface area contributed by atoms with Crippen molar-refractivity contribution in [3.8, 4) is 0 Å². The van der Waals surface area contributed by atoms with Crippen LogP contribution < -0.4 is 10.4 Å². The first-order valence-electron chi connectivity index (χ1n) is 6.90. The summed E-state index contributed by atoms with van der Waals surface area (Å²) >= 11 is 0. The highest BCUT2D eigenvalue weighted by Gasteiger charge is 2.31. The smallest absolute Gasteiger partial charge is 0.416 e. The molecule has 0 aliphatic heterocycles. The first-order valence-corrected chi connectivity index (χ1v) is 6.90. The Morgan fingerprint density at radius 2 is 1.88 bits per heavy atom. The van der Waals surface area contributed by atoms with Crippen LogP contribution in [0, 0.1) is 5.82 Å². The third kappa shape index (κ3) is 7.30. The molecule has 0 fully saturated rings. The number of amides is 1. The fourth-order valence-electron chi connectivity index (χ4n) is 1.60. The van der Waals surface area contributed by atoms with Crippen LogP contribution in [0.5, 0.6) is 0 Å². The molecule has 1 N–H and O–H groups in total. The summed E-state index contributed by atoms with van der Waals surface area (Å²) in [5, 5.41) is 13.5. The number of nitrogens with one attached hydrogen (secondary N) is 1. The van der Waals surface area contributed by atoms with Gasteiger partial charge in [-0.15, -0.1) is 0 Å². The molecule has 0 aliphatic carbocycles. The lowest BCUT2D eigenvalue weighted by molar-refractivity contribution is -0.260. The van der Waals surface area contributed by atoms with Gasteiger partial charge in [0.25, 0.3) is 0 Å². The number of rotatable bonds is 4. The van der Waals surface area contributed by atoms with E-state index in [4.69, 9.17) is 4.74 Å². The van der Waals surface area contributed by atoms with Gasteiger partial charge in [0.2, 0.25) is 5.91 Å². The number of aliphatic imine (C=N–C) groups is 1. The molecule has 1 rings (SSSR count). The maximum atomic E-state index is 13.2. The predicted octanol–water partition coefficient (Wildman–Crippen LogP) is 1.99. The second-order valence-electron chi connectivity index (χ2n) is 5.92. The fourth-order valence-corrected chi connectivity index (χ4v) is 1.60. The van der Waals surface area contributed by atoms with Gasteiger partial charge in [-0.2, -0.15) is 13.2 Å². The molecule has 1 amide bonds. The molecule has 5 nitrogen and oxygen atoms in total. The zero-order chi connectivity index (χ0) is 18.5. The molecule has 0 aliphatic rings. The molecule has 0 aromatic heterocycles. The Hall–Kier alpha value is -2.32. The Bertz CT molecular complexity index is 622. The topological polar surface area (TPSA) is 73.8 Å². The van der Waals surface area contributed by atoms with Crippen molar-refractivity contribution < 1.29 is 32.2 Å². The Morgan fingerprint density at radius 1 is 1.25 bits per heavy atom. The number of ether oxygens (including phenoxy) is 1. The van der Waals surface area contributed by atoms with Crippen molar-refractivity contribution in [3.63, 3.8) is 0 Å². The number of hydrogen-bond donors (Lipinski definition) is 1. The number of hydrogen-bond acceptors (Lipinski definition) is 4. The second kappa shape index (κ2) is 7.50. The van der Waals surface area contributed by atoms with Gasteiger partial charge in [-0.25, -0.2) is 4.39 Å². The van der Waals surface area contributed by atoms with Crippen molar-refractivity contribution in [3.05, 3.63) is 35.1 Å². The molecule has 1 aromatic carbocycles. The van der Waals surface area contributed by atoms with Crippen LogP contribution in [0.15, 0.2) is 23.2 Å². The number of halogens is 4. The highest BCUT2D eigenvalue weighted by molar-refractivity contribution is 5.80. The molecule has 0 spiro atoms. The number of nitrogens with zero attached hydrogens (tertiary/aromatic N) is 1. The van der Waals surface area contributed by atoms with Gasteiger partial charge in [0.1, 0.15) is 18.4 Å². The Labute approximate surface area is 136 Å². The van der Waals surface area contributed by atoms with Gasteiger partial charge >= 0.3 is 6.18 Å². The van der Waals surface area contributed by atoms with Gasteiger partial charge < -0.3 is 15.2 Å². The lowest BCUT2D eigenvalue weighted by Gasteiger charge is -2.29. The summed E-state index contributed by atoms with van der Waals surface area (Å²) in [6, 6.07) is 1.97. The normalized spacial score (nSPS) is 12.9. The van der Waals surface area contributed by atoms with E-state index >= 15 is 0 Å². The summed E-state index contributed by atoms with van der Waals surface area (Å²) in [5.41, 5.74) is -1.97. The maximum absolute atomic E-state index is 13.2. The summed E-state index contributed by atoms with van der Waals surface area (Å²) in [6.07, 6.45) is -5.62. The average Bonchev–Trinajstić information content (AvgIpc) is 2.39. The molecule has 0 saturated heterocycles. The first kappa shape index (κ1) is 19.7. The lowest BCUT2D eigenvalue weighted by atomic mass is 10.1. The zero-order valence-electron chi connectivity index (χ0n) is 13.3. The van der Waals surface area contributed by atoms with E-state index in [-0.39, 0.29) is 12.1 Å². The van der Waals surface area contributed by atoms with Gasteiger partial charge in [0.05, 0.1) is 5.56 Å². The molecular weight excluding hydrogens is 332 g/mol. The van der Waals surface area contributed by atoms with Crippen LogP contribution in [0.2, 0.25) is 0 Å². The van der Waals surface area contributed by atoms with E-state index < -0.39 is 41.7 Å². The summed E-state index contributed by atoms with van der Waals surface area (Å²) in [7, 11) is 0. The van der Waals surface area contributed by atoms with Crippen molar-refractivity contribution >= 4 is 12.0 Å². The van der Waals surface area contributed by atoms with Gasteiger partial charge in [0.15, 0.2) is 0 Å². The summed E-state index contributed by atoms with van der Waals surface area (Å²) < 4.78 is 55.8. The van der Waals surface area contributed by atoms with Crippen LogP contribution in [0.3, 0.4) is 0 Å². The van der Waals surface area contributed by atoms with E-state index in [1.165, 1.54) is 0 Å². The van der Waals surface area contributed by atoms with E-state index in [0.717, 1.165) is 12.1 Å². The fraction of sp³-hybridized carbons (Fsp3) is 0.467. The van der Waals surface area contributed by atoms with Crippen LogP contribution in [-0.2, 0) is 22.3 Å². The molecule has 24 heavy (non-hydrogen) atoms. The largest absolute Gasteiger partial charge is 0.595 e. The molecule has 1 aromatic rings. The van der Waals surface area contributed by atoms with Crippen molar-refractivity contribution in [2.75, 3.05) is 6.54 Å². The minimum Gasteiger partial charge on any atom is -0.595 e. The highest BCUT2D eigenvalue weighted by atomic mass is 19.4. The van der Waals surface area contributed by atoms with Crippen molar-refractivity contribution in [2.24, 2.45) is 4.99 Å². The molecular formula is C15H17F4N2O3-. The maximum Gasteiger partial charge on any atom is 0.416 e. The second-order valence-corrected chi connectivity index (χ2v) is 5.92. The molecule has 0 heterocycles. The van der Waals surface area contributed by atoms with Crippen LogP contribution in [0.4, 0.5) is 17.6 Å². The van der Waals surface area contributed by atoms with Crippen molar-refractivity contribution in [1.29, 1.82) is 0 Å². The minimum atomic E-state index is -4.69. The summed E-state index contributed by atoms with van der Waals surface area (Å²) in [4.78, 5) is 14.9. The Kier molecular flexibility index (Phi) is 6.16. The third-order valence-electron chi connectivity index (χ3n) is 2.52. The molecule has 9 heteroatoms. The van der Waals surface area contributed by atoms with E-state index in [2.05, 4.69) is 10.3 Å². The molecule has 0 atom stereocenters.